The third-order valence-corrected chi connectivity index (χ3v) is 4.36. The summed E-state index contributed by atoms with van der Waals surface area (Å²) in [5.74, 6) is -0.351. The topological polar surface area (TPSA) is 73.0 Å². The second kappa shape index (κ2) is 11.5. The molecule has 29 heavy (non-hydrogen) atoms. The molecule has 0 bridgehead atoms. The number of aliphatic imine (C=N–C) groups is 1. The van der Waals surface area contributed by atoms with Gasteiger partial charge in [0, 0.05) is 18.7 Å². The fourth-order valence-electron chi connectivity index (χ4n) is 2.80. The highest BCUT2D eigenvalue weighted by molar-refractivity contribution is 14.0. The number of hydrogen-bond acceptors (Lipinski definition) is 4. The molecule has 2 rings (SSSR count). The van der Waals surface area contributed by atoms with Gasteiger partial charge in [0.25, 0.3) is 0 Å². The second-order valence-electron chi connectivity index (χ2n) is 6.94. The summed E-state index contributed by atoms with van der Waals surface area (Å²) < 4.78 is 33.7. The van der Waals surface area contributed by atoms with Crippen molar-refractivity contribution in [2.24, 2.45) is 4.99 Å². The zero-order valence-corrected chi connectivity index (χ0v) is 19.4. The average molecular weight is 522 g/mol. The maximum Gasteiger partial charge on any atom is 0.191 e. The summed E-state index contributed by atoms with van der Waals surface area (Å²) in [6.45, 7) is 4.38. The normalized spacial score (nSPS) is 14.8. The second-order valence-corrected chi connectivity index (χ2v) is 6.94. The Morgan fingerprint density at radius 3 is 2.38 bits per heavy atom. The molecule has 0 spiro atoms. The van der Waals surface area contributed by atoms with Crippen LogP contribution in [0.5, 0.6) is 0 Å². The molecule has 0 radical (unpaired) electrons. The molecule has 0 saturated heterocycles. The summed E-state index contributed by atoms with van der Waals surface area (Å²) in [6.07, 6.45) is 1.49. The van der Waals surface area contributed by atoms with Gasteiger partial charge in [0.15, 0.2) is 5.96 Å². The zero-order valence-electron chi connectivity index (χ0n) is 17.1. The van der Waals surface area contributed by atoms with Crippen molar-refractivity contribution in [3.8, 4) is 0 Å². The van der Waals surface area contributed by atoms with Crippen LogP contribution in [0.15, 0.2) is 46.0 Å². The van der Waals surface area contributed by atoms with Gasteiger partial charge in [-0.3, -0.25) is 0 Å². The SMILES string of the molecule is CCNC(=NCC(C)(O)c1ccco1)NCC(c1c(F)cccc1F)N(C)C.I. The largest absolute Gasteiger partial charge is 0.466 e. The van der Waals surface area contributed by atoms with Crippen molar-refractivity contribution in [2.75, 3.05) is 33.7 Å². The number of rotatable bonds is 8. The predicted molar refractivity (Wildman–Crippen MR) is 120 cm³/mol. The van der Waals surface area contributed by atoms with Crippen LogP contribution in [0.3, 0.4) is 0 Å². The predicted octanol–water partition coefficient (Wildman–Crippen LogP) is 3.24. The third kappa shape index (κ3) is 6.93. The molecular weight excluding hydrogens is 493 g/mol. The molecule has 0 aliphatic rings. The molecule has 3 N–H and O–H groups in total. The van der Waals surface area contributed by atoms with E-state index < -0.39 is 23.3 Å². The van der Waals surface area contributed by atoms with Crippen molar-refractivity contribution < 1.29 is 18.3 Å². The summed E-state index contributed by atoms with van der Waals surface area (Å²) >= 11 is 0. The number of aliphatic hydroxyl groups is 1. The summed E-state index contributed by atoms with van der Waals surface area (Å²) in [6, 6.07) is 6.66. The van der Waals surface area contributed by atoms with E-state index in [1.54, 1.807) is 38.1 Å². The van der Waals surface area contributed by atoms with Crippen LogP contribution in [0.1, 0.15) is 31.2 Å². The first kappa shape index (κ1) is 25.3. The fraction of sp³-hybridized carbons (Fsp3) is 0.450. The smallest absolute Gasteiger partial charge is 0.191 e. The number of benzene rings is 1. The van der Waals surface area contributed by atoms with Gasteiger partial charge in [-0.2, -0.15) is 0 Å². The Hall–Kier alpha value is -1.72. The lowest BCUT2D eigenvalue weighted by molar-refractivity contribution is 0.0437. The molecule has 1 aromatic heterocycles. The highest BCUT2D eigenvalue weighted by atomic mass is 127. The minimum Gasteiger partial charge on any atom is -0.466 e. The Balaban J connectivity index is 0.00000420. The molecule has 2 unspecified atom stereocenters. The maximum atomic E-state index is 14.2. The van der Waals surface area contributed by atoms with E-state index in [1.807, 2.05) is 6.92 Å². The monoisotopic (exact) mass is 522 g/mol. The van der Waals surface area contributed by atoms with Gasteiger partial charge in [-0.25, -0.2) is 13.8 Å². The van der Waals surface area contributed by atoms with Crippen molar-refractivity contribution in [3.63, 3.8) is 0 Å². The van der Waals surface area contributed by atoms with Crippen molar-refractivity contribution in [3.05, 3.63) is 59.6 Å². The Morgan fingerprint density at radius 2 is 1.86 bits per heavy atom. The third-order valence-electron chi connectivity index (χ3n) is 4.36. The summed E-state index contributed by atoms with van der Waals surface area (Å²) in [4.78, 5) is 6.12. The molecule has 0 aliphatic carbocycles. The van der Waals surface area contributed by atoms with Crippen LogP contribution in [0.4, 0.5) is 8.78 Å². The number of likely N-dealkylation sites (N-methyl/N-ethyl adjacent to an activating group) is 1. The standard InChI is InChI=1S/C20H28F2N4O2.HI/c1-5-23-19(25-13-20(2,27)17-10-7-11-28-17)24-12-16(26(3)4)18-14(21)8-6-9-15(18)22;/h6-11,16,27H,5,12-13H2,1-4H3,(H2,23,24,25);1H. The summed E-state index contributed by atoms with van der Waals surface area (Å²) in [5, 5.41) is 16.7. The van der Waals surface area contributed by atoms with Gasteiger partial charge in [-0.1, -0.05) is 6.07 Å². The molecule has 1 aromatic carbocycles. The lowest BCUT2D eigenvalue weighted by Crippen LogP contribution is -2.43. The van der Waals surface area contributed by atoms with Crippen molar-refractivity contribution in [1.29, 1.82) is 0 Å². The number of nitrogens with zero attached hydrogens (tertiary/aromatic N) is 2. The quantitative estimate of drug-likeness (QED) is 0.282. The minimum atomic E-state index is -1.27. The van der Waals surface area contributed by atoms with Crippen LogP contribution in [-0.2, 0) is 5.60 Å². The Kier molecular flexibility index (Phi) is 10.0. The first-order chi connectivity index (χ1) is 13.3. The number of halogens is 3. The molecule has 0 saturated carbocycles. The lowest BCUT2D eigenvalue weighted by atomic mass is 10.0. The summed E-state index contributed by atoms with van der Waals surface area (Å²) in [5.41, 5.74) is -1.27. The molecule has 0 amide bonds. The van der Waals surface area contributed by atoms with Crippen LogP contribution in [0.2, 0.25) is 0 Å². The molecule has 6 nitrogen and oxygen atoms in total. The molecule has 9 heteroatoms. The van der Waals surface area contributed by atoms with E-state index in [2.05, 4.69) is 15.6 Å². The van der Waals surface area contributed by atoms with Gasteiger partial charge in [-0.15, -0.1) is 24.0 Å². The van der Waals surface area contributed by atoms with Gasteiger partial charge in [0.1, 0.15) is 23.0 Å². The Labute approximate surface area is 187 Å². The van der Waals surface area contributed by atoms with Gasteiger partial charge >= 0.3 is 0 Å². The van der Waals surface area contributed by atoms with Crippen LogP contribution < -0.4 is 10.6 Å². The highest BCUT2D eigenvalue weighted by Gasteiger charge is 2.26. The first-order valence-electron chi connectivity index (χ1n) is 9.15. The molecule has 1 heterocycles. The molecule has 162 valence electrons. The van der Waals surface area contributed by atoms with Gasteiger partial charge in [0.2, 0.25) is 0 Å². The molecule has 2 atom stereocenters. The average Bonchev–Trinajstić information content (AvgIpc) is 3.17. The van der Waals surface area contributed by atoms with E-state index in [0.29, 0.717) is 18.3 Å². The number of nitrogens with one attached hydrogen (secondary N) is 2. The molecule has 0 fully saturated rings. The number of hydrogen-bond donors (Lipinski definition) is 3. The Morgan fingerprint density at radius 1 is 1.21 bits per heavy atom. The van der Waals surface area contributed by atoms with E-state index in [9.17, 15) is 13.9 Å². The zero-order chi connectivity index (χ0) is 20.7. The molecule has 2 aromatic rings. The van der Waals surface area contributed by atoms with Crippen LogP contribution in [-0.4, -0.2) is 49.7 Å². The van der Waals surface area contributed by atoms with E-state index in [1.165, 1.54) is 24.5 Å². The summed E-state index contributed by atoms with van der Waals surface area (Å²) in [7, 11) is 3.51. The van der Waals surface area contributed by atoms with E-state index >= 15 is 0 Å². The van der Waals surface area contributed by atoms with E-state index in [-0.39, 0.29) is 42.6 Å². The van der Waals surface area contributed by atoms with E-state index in [0.717, 1.165) is 0 Å². The van der Waals surface area contributed by atoms with Gasteiger partial charge < -0.3 is 25.1 Å². The first-order valence-corrected chi connectivity index (χ1v) is 9.15. The van der Waals surface area contributed by atoms with E-state index in [4.69, 9.17) is 4.42 Å². The van der Waals surface area contributed by atoms with Crippen molar-refractivity contribution in [2.45, 2.75) is 25.5 Å². The van der Waals surface area contributed by atoms with Crippen molar-refractivity contribution >= 4 is 29.9 Å². The maximum absolute atomic E-state index is 14.2. The highest BCUT2D eigenvalue weighted by Crippen LogP contribution is 2.24. The Bertz CT molecular complexity index is 763. The van der Waals surface area contributed by atoms with Crippen LogP contribution >= 0.6 is 24.0 Å². The molecule has 0 aliphatic heterocycles. The number of furan rings is 1. The van der Waals surface area contributed by atoms with Crippen molar-refractivity contribution in [1.82, 2.24) is 15.5 Å². The fourth-order valence-corrected chi connectivity index (χ4v) is 2.80. The van der Waals surface area contributed by atoms with Crippen LogP contribution in [0.25, 0.3) is 0 Å². The van der Waals surface area contributed by atoms with Crippen LogP contribution in [0, 0.1) is 11.6 Å². The molecular formula is C20H29F2IN4O2. The van der Waals surface area contributed by atoms with Gasteiger partial charge in [0.05, 0.1) is 18.8 Å². The number of guanidine groups is 1. The lowest BCUT2D eigenvalue weighted by Gasteiger charge is -2.27. The van der Waals surface area contributed by atoms with Gasteiger partial charge in [-0.05, 0) is 52.2 Å². The minimum absolute atomic E-state index is 0.